The molecule has 0 fully saturated rings. The standard InChI is InChI=1S/C20H19N3/c1-4-10-17(11-5-1)16-21-20(22-18-12-6-2-7-13-18)23-19-14-8-3-9-15-19/h1-15H,16H2,(H2,21,22,23)/p+1. The van der Waals surface area contributed by atoms with Gasteiger partial charge in [-0.2, -0.15) is 0 Å². The molecule has 114 valence electrons. The lowest BCUT2D eigenvalue weighted by Crippen LogP contribution is -2.75. The minimum Gasteiger partial charge on any atom is -0.273 e. The zero-order chi connectivity index (χ0) is 15.7. The van der Waals surface area contributed by atoms with Gasteiger partial charge in [0.1, 0.15) is 0 Å². The van der Waals surface area contributed by atoms with E-state index in [-0.39, 0.29) is 0 Å². The molecule has 0 saturated heterocycles. The molecule has 3 nitrogen and oxygen atoms in total. The van der Waals surface area contributed by atoms with Crippen molar-refractivity contribution in [2.75, 3.05) is 10.6 Å². The number of hydrogen-bond acceptors (Lipinski definition) is 0. The fourth-order valence-electron chi connectivity index (χ4n) is 2.24. The summed E-state index contributed by atoms with van der Waals surface area (Å²) in [7, 11) is 0. The van der Waals surface area contributed by atoms with Crippen LogP contribution in [0.5, 0.6) is 0 Å². The van der Waals surface area contributed by atoms with Crippen LogP contribution in [0.2, 0.25) is 0 Å². The van der Waals surface area contributed by atoms with Gasteiger partial charge in [-0.25, -0.2) is 10.6 Å². The van der Waals surface area contributed by atoms with Crippen molar-refractivity contribution in [2.24, 2.45) is 0 Å². The summed E-state index contributed by atoms with van der Waals surface area (Å²) >= 11 is 0. The molecule has 0 saturated carbocycles. The van der Waals surface area contributed by atoms with Gasteiger partial charge in [-0.3, -0.25) is 4.99 Å². The van der Waals surface area contributed by atoms with Crippen molar-refractivity contribution in [3.63, 3.8) is 0 Å². The molecule has 23 heavy (non-hydrogen) atoms. The van der Waals surface area contributed by atoms with Crippen LogP contribution in [-0.4, -0.2) is 5.96 Å². The minimum atomic E-state index is 0.746. The monoisotopic (exact) mass is 302 g/mol. The van der Waals surface area contributed by atoms with Crippen LogP contribution >= 0.6 is 0 Å². The smallest absolute Gasteiger partial charge is 0.273 e. The minimum absolute atomic E-state index is 0.746. The van der Waals surface area contributed by atoms with Crippen LogP contribution in [0.3, 0.4) is 0 Å². The molecule has 3 heteroatoms. The fraction of sp³-hybridized carbons (Fsp3) is 0.0500. The third-order valence-corrected chi connectivity index (χ3v) is 3.40. The van der Waals surface area contributed by atoms with Crippen molar-refractivity contribution in [3.8, 4) is 0 Å². The molecular formula is C20H20N3+. The van der Waals surface area contributed by atoms with Crippen LogP contribution in [-0.2, 0) is 6.54 Å². The van der Waals surface area contributed by atoms with Gasteiger partial charge in [0, 0.05) is 0 Å². The van der Waals surface area contributed by atoms with E-state index in [2.05, 4.69) is 27.8 Å². The topological polar surface area (TPSA) is 38.0 Å². The summed E-state index contributed by atoms with van der Waals surface area (Å²) in [6.07, 6.45) is 0. The molecule has 0 aliphatic carbocycles. The number of guanidine groups is 1. The van der Waals surface area contributed by atoms with E-state index in [4.69, 9.17) is 0 Å². The first-order valence-electron chi connectivity index (χ1n) is 7.69. The molecule has 0 unspecified atom stereocenters. The van der Waals surface area contributed by atoms with E-state index in [0.29, 0.717) is 0 Å². The Morgan fingerprint density at radius 2 is 1.04 bits per heavy atom. The summed E-state index contributed by atoms with van der Waals surface area (Å²) in [4.78, 5) is 3.43. The molecule has 0 spiro atoms. The second-order valence-corrected chi connectivity index (χ2v) is 5.20. The molecule has 3 rings (SSSR count). The van der Waals surface area contributed by atoms with Gasteiger partial charge in [0.15, 0.2) is 0 Å². The Morgan fingerprint density at radius 1 is 0.609 bits per heavy atom. The third-order valence-electron chi connectivity index (χ3n) is 3.40. The lowest BCUT2D eigenvalue weighted by Gasteiger charge is -2.06. The SMILES string of the molecule is c1ccc(C[NH+]=C(Nc2ccccc2)Nc2ccccc2)cc1. The van der Waals surface area contributed by atoms with Gasteiger partial charge >= 0.3 is 5.96 Å². The number of hydrogen-bond donors (Lipinski definition) is 3. The summed E-state index contributed by atoms with van der Waals surface area (Å²) in [6, 6.07) is 30.6. The summed E-state index contributed by atoms with van der Waals surface area (Å²) in [5, 5.41) is 6.78. The number of nitrogens with one attached hydrogen (secondary N) is 3. The second kappa shape index (κ2) is 7.80. The van der Waals surface area contributed by atoms with Crippen molar-refractivity contribution in [3.05, 3.63) is 96.6 Å². The van der Waals surface area contributed by atoms with E-state index in [0.717, 1.165) is 23.9 Å². The molecule has 0 aromatic heterocycles. The highest BCUT2D eigenvalue weighted by Crippen LogP contribution is 2.07. The van der Waals surface area contributed by atoms with E-state index < -0.39 is 0 Å². The molecule has 3 aromatic rings. The van der Waals surface area contributed by atoms with E-state index in [1.54, 1.807) is 0 Å². The second-order valence-electron chi connectivity index (χ2n) is 5.20. The first-order valence-corrected chi connectivity index (χ1v) is 7.69. The molecule has 3 N–H and O–H groups in total. The Hall–Kier alpha value is -3.07. The van der Waals surface area contributed by atoms with Crippen LogP contribution in [0, 0.1) is 0 Å². The van der Waals surface area contributed by atoms with Gasteiger partial charge in [0.25, 0.3) is 0 Å². The molecule has 0 atom stereocenters. The van der Waals surface area contributed by atoms with Crippen molar-refractivity contribution in [2.45, 2.75) is 6.54 Å². The van der Waals surface area contributed by atoms with Crippen molar-refractivity contribution >= 4 is 17.3 Å². The maximum absolute atomic E-state index is 3.43. The molecule has 0 heterocycles. The van der Waals surface area contributed by atoms with Gasteiger partial charge in [-0.15, -0.1) is 0 Å². The van der Waals surface area contributed by atoms with Gasteiger partial charge in [0.05, 0.1) is 17.9 Å². The predicted octanol–water partition coefficient (Wildman–Crippen LogP) is 2.85. The van der Waals surface area contributed by atoms with Crippen molar-refractivity contribution < 1.29 is 4.99 Å². The number of anilines is 2. The van der Waals surface area contributed by atoms with E-state index in [1.807, 2.05) is 78.9 Å². The fourth-order valence-corrected chi connectivity index (χ4v) is 2.24. The first kappa shape index (κ1) is 14.9. The highest BCUT2D eigenvalue weighted by Gasteiger charge is 2.08. The molecule has 0 bridgehead atoms. The number of rotatable bonds is 4. The summed E-state index contributed by atoms with van der Waals surface area (Å²) in [5.41, 5.74) is 3.30. The number of benzene rings is 3. The Labute approximate surface area is 136 Å². The maximum atomic E-state index is 3.43. The summed E-state index contributed by atoms with van der Waals surface area (Å²) in [6.45, 7) is 0.746. The normalized spacial score (nSPS) is 9.91. The third kappa shape index (κ3) is 4.71. The number of para-hydroxylation sites is 2. The van der Waals surface area contributed by atoms with Crippen molar-refractivity contribution in [1.82, 2.24) is 0 Å². The average Bonchev–Trinajstić information content (AvgIpc) is 2.62. The molecule has 0 radical (unpaired) electrons. The zero-order valence-corrected chi connectivity index (χ0v) is 12.9. The average molecular weight is 302 g/mol. The van der Waals surface area contributed by atoms with Crippen LogP contribution in [0.25, 0.3) is 0 Å². The molecule has 0 aliphatic heterocycles. The van der Waals surface area contributed by atoms with Crippen molar-refractivity contribution in [1.29, 1.82) is 0 Å². The molecule has 0 amide bonds. The van der Waals surface area contributed by atoms with Gasteiger partial charge in [-0.1, -0.05) is 66.7 Å². The summed E-state index contributed by atoms with van der Waals surface area (Å²) < 4.78 is 0. The van der Waals surface area contributed by atoms with Crippen LogP contribution in [0.1, 0.15) is 5.56 Å². The van der Waals surface area contributed by atoms with Crippen LogP contribution in [0.4, 0.5) is 11.4 Å². The molecule has 0 aliphatic rings. The van der Waals surface area contributed by atoms with E-state index in [1.165, 1.54) is 5.56 Å². The Morgan fingerprint density at radius 3 is 1.52 bits per heavy atom. The highest BCUT2D eigenvalue weighted by molar-refractivity contribution is 5.99. The van der Waals surface area contributed by atoms with E-state index in [9.17, 15) is 0 Å². The van der Waals surface area contributed by atoms with Crippen LogP contribution < -0.4 is 15.6 Å². The van der Waals surface area contributed by atoms with Gasteiger partial charge < -0.3 is 0 Å². The Kier molecular flexibility index (Phi) is 5.04. The van der Waals surface area contributed by atoms with Crippen LogP contribution in [0.15, 0.2) is 91.0 Å². The molecule has 3 aromatic carbocycles. The maximum Gasteiger partial charge on any atom is 0.353 e. The largest absolute Gasteiger partial charge is 0.353 e. The lowest BCUT2D eigenvalue weighted by atomic mass is 10.2. The lowest BCUT2D eigenvalue weighted by molar-refractivity contribution is -0.475. The Bertz CT molecular complexity index is 694. The predicted molar refractivity (Wildman–Crippen MR) is 96.2 cm³/mol. The van der Waals surface area contributed by atoms with Gasteiger partial charge in [0.2, 0.25) is 0 Å². The van der Waals surface area contributed by atoms with E-state index >= 15 is 0 Å². The summed E-state index contributed by atoms with van der Waals surface area (Å²) in [5.74, 6) is 0.853. The Balaban J connectivity index is 1.77. The first-order chi connectivity index (χ1) is 11.4. The highest BCUT2D eigenvalue weighted by atomic mass is 15.2. The zero-order valence-electron chi connectivity index (χ0n) is 12.9. The molecular weight excluding hydrogens is 282 g/mol. The van der Waals surface area contributed by atoms with Gasteiger partial charge in [-0.05, 0) is 29.8 Å². The quantitative estimate of drug-likeness (QED) is 0.512.